The lowest BCUT2D eigenvalue weighted by molar-refractivity contribution is -0.141. The molecule has 0 aromatic heterocycles. The summed E-state index contributed by atoms with van der Waals surface area (Å²) in [5.41, 5.74) is -0.106. The van der Waals surface area contributed by atoms with Gasteiger partial charge in [0.15, 0.2) is 0 Å². The lowest BCUT2D eigenvalue weighted by atomic mass is 10.2. The summed E-state index contributed by atoms with van der Waals surface area (Å²) in [6.45, 7) is 0. The maximum Gasteiger partial charge on any atom is 0.321 e. The quantitative estimate of drug-likeness (QED) is 0.518. The van der Waals surface area contributed by atoms with Gasteiger partial charge in [-0.15, -0.1) is 11.8 Å². The van der Waals surface area contributed by atoms with Crippen LogP contribution in [0.1, 0.15) is 0 Å². The van der Waals surface area contributed by atoms with Crippen LogP contribution in [-0.2, 0) is 19.0 Å². The van der Waals surface area contributed by atoms with Gasteiger partial charge in [-0.1, -0.05) is 6.08 Å². The van der Waals surface area contributed by atoms with Crippen LogP contribution in [0.3, 0.4) is 0 Å². The minimum Gasteiger partial charge on any atom is -0.468 e. The van der Waals surface area contributed by atoms with E-state index in [2.05, 4.69) is 4.74 Å². The van der Waals surface area contributed by atoms with Crippen LogP contribution < -0.4 is 0 Å². The molecule has 0 bridgehead atoms. The Morgan fingerprint density at radius 1 is 1.21 bits per heavy atom. The average Bonchev–Trinajstić information content (AvgIpc) is 2.27. The first-order valence-corrected chi connectivity index (χ1v) is 5.14. The Kier molecular flexibility index (Phi) is 4.44. The van der Waals surface area contributed by atoms with Gasteiger partial charge in [0.2, 0.25) is 0 Å². The molecule has 0 radical (unpaired) electrons. The lowest BCUT2D eigenvalue weighted by Gasteiger charge is -2.27. The van der Waals surface area contributed by atoms with Crippen molar-refractivity contribution in [2.24, 2.45) is 0 Å². The van der Waals surface area contributed by atoms with E-state index in [1.807, 2.05) is 12.2 Å². The summed E-state index contributed by atoms with van der Waals surface area (Å²) in [6.07, 6.45) is 3.46. The summed E-state index contributed by atoms with van der Waals surface area (Å²) in [5.74, 6) is -0.284. The summed E-state index contributed by atoms with van der Waals surface area (Å²) in [6, 6.07) is 0. The molecule has 0 aromatic rings. The molecule has 3 atom stereocenters. The molecule has 1 heterocycles. The highest BCUT2D eigenvalue weighted by Gasteiger charge is 2.33. The molecule has 1 rings (SSSR count). The summed E-state index contributed by atoms with van der Waals surface area (Å²) in [4.78, 5) is 11.4. The molecule has 0 saturated heterocycles. The van der Waals surface area contributed by atoms with Crippen LogP contribution in [0.25, 0.3) is 0 Å². The molecule has 0 N–H and O–H groups in total. The predicted molar refractivity (Wildman–Crippen MR) is 54.1 cm³/mol. The van der Waals surface area contributed by atoms with E-state index in [0.717, 1.165) is 0 Å². The molecule has 1 aliphatic rings. The van der Waals surface area contributed by atoms with Crippen molar-refractivity contribution in [1.82, 2.24) is 0 Å². The molecule has 14 heavy (non-hydrogen) atoms. The first kappa shape index (κ1) is 11.6. The van der Waals surface area contributed by atoms with Crippen molar-refractivity contribution in [2.75, 3.05) is 21.3 Å². The maximum atomic E-state index is 11.4. The van der Waals surface area contributed by atoms with Gasteiger partial charge >= 0.3 is 5.97 Å². The number of methoxy groups -OCH3 is 3. The number of rotatable bonds is 3. The molecule has 0 aromatic carbocycles. The highest BCUT2D eigenvalue weighted by Crippen LogP contribution is 2.29. The Morgan fingerprint density at radius 3 is 2.43 bits per heavy atom. The van der Waals surface area contributed by atoms with Gasteiger partial charge in [0.05, 0.1) is 13.2 Å². The molecular weight excluding hydrogens is 204 g/mol. The van der Waals surface area contributed by atoms with Gasteiger partial charge in [0.1, 0.15) is 10.7 Å². The average molecular weight is 218 g/mol. The fourth-order valence-electron chi connectivity index (χ4n) is 1.21. The number of thioether (sulfide) groups is 1. The number of carbonyl (C=O) groups excluding carboxylic acids is 1. The van der Waals surface area contributed by atoms with E-state index in [4.69, 9.17) is 9.47 Å². The van der Waals surface area contributed by atoms with Crippen LogP contribution in [-0.4, -0.2) is 44.1 Å². The minimum absolute atomic E-state index is 0.106. The zero-order valence-electron chi connectivity index (χ0n) is 8.43. The molecule has 1 aliphatic heterocycles. The third-order valence-electron chi connectivity index (χ3n) is 1.98. The van der Waals surface area contributed by atoms with Gasteiger partial charge in [-0.2, -0.15) is 0 Å². The van der Waals surface area contributed by atoms with E-state index in [1.165, 1.54) is 18.9 Å². The predicted octanol–water partition coefficient (Wildman–Crippen LogP) is 0.818. The van der Waals surface area contributed by atoms with Crippen molar-refractivity contribution < 1.29 is 19.0 Å². The Balaban J connectivity index is 2.71. The Bertz CT molecular complexity index is 229. The van der Waals surface area contributed by atoms with Gasteiger partial charge < -0.3 is 14.2 Å². The van der Waals surface area contributed by atoms with E-state index in [0.29, 0.717) is 0 Å². The summed E-state index contributed by atoms with van der Waals surface area (Å²) < 4.78 is 15.0. The van der Waals surface area contributed by atoms with E-state index in [1.54, 1.807) is 14.2 Å². The van der Waals surface area contributed by atoms with Crippen LogP contribution in [0.15, 0.2) is 12.2 Å². The van der Waals surface area contributed by atoms with E-state index in [9.17, 15) is 4.79 Å². The van der Waals surface area contributed by atoms with Crippen LogP contribution in [0.5, 0.6) is 0 Å². The number of hydrogen-bond donors (Lipinski definition) is 0. The topological polar surface area (TPSA) is 44.8 Å². The van der Waals surface area contributed by atoms with Crippen LogP contribution in [0.4, 0.5) is 0 Å². The van der Waals surface area contributed by atoms with Gasteiger partial charge in [-0.05, 0) is 6.08 Å². The Morgan fingerprint density at radius 2 is 1.93 bits per heavy atom. The molecule has 0 amide bonds. The van der Waals surface area contributed by atoms with E-state index in [-0.39, 0.29) is 22.8 Å². The molecule has 0 spiro atoms. The van der Waals surface area contributed by atoms with Crippen molar-refractivity contribution in [3.63, 3.8) is 0 Å². The van der Waals surface area contributed by atoms with Gasteiger partial charge in [-0.25, -0.2) is 0 Å². The number of ether oxygens (including phenoxy) is 3. The molecule has 0 unspecified atom stereocenters. The normalized spacial score (nSPS) is 31.5. The lowest BCUT2D eigenvalue weighted by Crippen LogP contribution is -2.36. The maximum absolute atomic E-state index is 11.4. The van der Waals surface area contributed by atoms with Crippen molar-refractivity contribution >= 4 is 17.7 Å². The van der Waals surface area contributed by atoms with Gasteiger partial charge in [0, 0.05) is 14.2 Å². The van der Waals surface area contributed by atoms with Crippen LogP contribution in [0, 0.1) is 0 Å². The molecule has 0 fully saturated rings. The monoisotopic (exact) mass is 218 g/mol. The fraction of sp³-hybridized carbons (Fsp3) is 0.667. The Hall–Kier alpha value is -0.520. The zero-order valence-corrected chi connectivity index (χ0v) is 9.24. The molecule has 0 saturated carbocycles. The molecule has 5 heteroatoms. The third-order valence-corrected chi connectivity index (χ3v) is 3.35. The first-order chi connectivity index (χ1) is 6.72. The van der Waals surface area contributed by atoms with Gasteiger partial charge in [-0.3, -0.25) is 4.79 Å². The van der Waals surface area contributed by atoms with Crippen molar-refractivity contribution in [1.29, 1.82) is 0 Å². The van der Waals surface area contributed by atoms with Gasteiger partial charge in [0.25, 0.3) is 0 Å². The van der Waals surface area contributed by atoms with E-state index < -0.39 is 0 Å². The summed E-state index contributed by atoms with van der Waals surface area (Å²) >= 11 is 1.39. The van der Waals surface area contributed by atoms with Crippen LogP contribution in [0.2, 0.25) is 0 Å². The second-order valence-corrected chi connectivity index (χ2v) is 4.01. The zero-order chi connectivity index (χ0) is 10.6. The largest absolute Gasteiger partial charge is 0.468 e. The van der Waals surface area contributed by atoms with Crippen molar-refractivity contribution in [2.45, 2.75) is 16.8 Å². The second kappa shape index (κ2) is 5.38. The third kappa shape index (κ3) is 2.50. The fourth-order valence-corrected chi connectivity index (χ4v) is 2.36. The SMILES string of the molecule is COC(=O)[C@@H]1S[C@H](OC)C=C[C@@H]1OC. The van der Waals surface area contributed by atoms with E-state index >= 15 is 0 Å². The smallest absolute Gasteiger partial charge is 0.321 e. The van der Waals surface area contributed by atoms with Crippen molar-refractivity contribution in [3.05, 3.63) is 12.2 Å². The highest BCUT2D eigenvalue weighted by atomic mass is 32.2. The van der Waals surface area contributed by atoms with Crippen LogP contribution >= 0.6 is 11.8 Å². The first-order valence-electron chi connectivity index (χ1n) is 4.20. The highest BCUT2D eigenvalue weighted by molar-refractivity contribution is 8.01. The second-order valence-electron chi connectivity index (χ2n) is 2.77. The molecule has 80 valence electrons. The van der Waals surface area contributed by atoms with Crippen molar-refractivity contribution in [3.8, 4) is 0 Å². The number of hydrogen-bond acceptors (Lipinski definition) is 5. The summed E-state index contributed by atoms with van der Waals surface area (Å²) in [5, 5.41) is -0.347. The Labute approximate surface area is 87.6 Å². The molecular formula is C9H14O4S. The number of carbonyl (C=O) groups is 1. The summed E-state index contributed by atoms with van der Waals surface area (Å²) in [7, 11) is 4.54. The molecule has 0 aliphatic carbocycles. The number of esters is 1. The molecule has 4 nitrogen and oxygen atoms in total. The minimum atomic E-state index is -0.347. The standard InChI is InChI=1S/C9H14O4S/c1-11-6-4-5-7(12-2)14-8(6)9(10)13-3/h4-8H,1-3H3/t6-,7-,8+/m0/s1.